The summed E-state index contributed by atoms with van der Waals surface area (Å²) in [6, 6.07) is 16.5. The molecule has 2 aromatic rings. The topological polar surface area (TPSA) is 98.2 Å². The number of amides is 2. The fraction of sp³-hybridized carbons (Fsp3) is 0.364. The standard InChI is InChI=1S/C22H27N3O2/c23-14-15-10-12-16(13-11-15)18-8-4-5-9-19(18)22(27)25-20(21(24)26)17-6-2-1-3-7-17/h1-3,6-7,10-13,18-20H,4-5,8-9,14,23H2,(H2,24,26)(H,25,27)/t18?,19?,20-/m0/s1. The quantitative estimate of drug-likeness (QED) is 0.734. The Bertz CT molecular complexity index is 774. The van der Waals surface area contributed by atoms with Crippen molar-refractivity contribution in [2.24, 2.45) is 17.4 Å². The first-order chi connectivity index (χ1) is 13.1. The lowest BCUT2D eigenvalue weighted by atomic mass is 9.74. The number of hydrogen-bond donors (Lipinski definition) is 3. The van der Waals surface area contributed by atoms with Crippen molar-refractivity contribution in [2.75, 3.05) is 0 Å². The lowest BCUT2D eigenvalue weighted by Gasteiger charge is -2.32. The van der Waals surface area contributed by atoms with Crippen LogP contribution in [0.15, 0.2) is 54.6 Å². The SMILES string of the molecule is NCc1ccc(C2CCCCC2C(=O)N[C@H](C(N)=O)c2ccccc2)cc1. The maximum absolute atomic E-state index is 13.1. The third kappa shape index (κ3) is 4.55. The molecule has 2 unspecified atom stereocenters. The minimum absolute atomic E-state index is 0.102. The number of rotatable bonds is 6. The van der Waals surface area contributed by atoms with E-state index >= 15 is 0 Å². The molecule has 1 saturated carbocycles. The Morgan fingerprint density at radius 1 is 1.00 bits per heavy atom. The molecule has 1 aliphatic carbocycles. The zero-order chi connectivity index (χ0) is 19.2. The summed E-state index contributed by atoms with van der Waals surface area (Å²) in [4.78, 5) is 25.0. The minimum Gasteiger partial charge on any atom is -0.368 e. The van der Waals surface area contributed by atoms with Crippen LogP contribution in [0.2, 0.25) is 0 Å². The first kappa shape index (κ1) is 19.1. The fourth-order valence-corrected chi connectivity index (χ4v) is 3.96. The molecular formula is C22H27N3O2. The van der Waals surface area contributed by atoms with Gasteiger partial charge in [0.2, 0.25) is 11.8 Å². The van der Waals surface area contributed by atoms with E-state index in [1.165, 1.54) is 0 Å². The summed E-state index contributed by atoms with van der Waals surface area (Å²) >= 11 is 0. The van der Waals surface area contributed by atoms with E-state index in [9.17, 15) is 9.59 Å². The highest BCUT2D eigenvalue weighted by atomic mass is 16.2. The Balaban J connectivity index is 1.78. The van der Waals surface area contributed by atoms with Crippen LogP contribution in [0.3, 0.4) is 0 Å². The Hall–Kier alpha value is -2.66. The molecule has 2 aromatic carbocycles. The number of carbonyl (C=O) groups excluding carboxylic acids is 2. The number of benzene rings is 2. The highest BCUT2D eigenvalue weighted by molar-refractivity contribution is 5.89. The maximum Gasteiger partial charge on any atom is 0.244 e. The zero-order valence-corrected chi connectivity index (χ0v) is 15.4. The van der Waals surface area contributed by atoms with Gasteiger partial charge >= 0.3 is 0 Å². The Kier molecular flexibility index (Phi) is 6.24. The van der Waals surface area contributed by atoms with Crippen LogP contribution in [0.4, 0.5) is 0 Å². The molecule has 3 rings (SSSR count). The van der Waals surface area contributed by atoms with Gasteiger partial charge in [-0.3, -0.25) is 9.59 Å². The number of hydrogen-bond acceptors (Lipinski definition) is 3. The largest absolute Gasteiger partial charge is 0.368 e. The Labute approximate surface area is 160 Å². The van der Waals surface area contributed by atoms with Crippen molar-refractivity contribution >= 4 is 11.8 Å². The number of nitrogens with two attached hydrogens (primary N) is 2. The van der Waals surface area contributed by atoms with Gasteiger partial charge in [-0.15, -0.1) is 0 Å². The van der Waals surface area contributed by atoms with E-state index in [1.54, 1.807) is 12.1 Å². The zero-order valence-electron chi connectivity index (χ0n) is 15.4. The van der Waals surface area contributed by atoms with Gasteiger partial charge < -0.3 is 16.8 Å². The predicted molar refractivity (Wildman–Crippen MR) is 106 cm³/mol. The summed E-state index contributed by atoms with van der Waals surface area (Å²) in [5.41, 5.74) is 14.2. The second-order valence-electron chi connectivity index (χ2n) is 7.20. The van der Waals surface area contributed by atoms with E-state index in [0.717, 1.165) is 36.8 Å². The van der Waals surface area contributed by atoms with Gasteiger partial charge in [-0.1, -0.05) is 67.4 Å². The lowest BCUT2D eigenvalue weighted by molar-refractivity contribution is -0.131. The summed E-state index contributed by atoms with van der Waals surface area (Å²) < 4.78 is 0. The van der Waals surface area contributed by atoms with Crippen molar-refractivity contribution in [1.82, 2.24) is 5.32 Å². The van der Waals surface area contributed by atoms with Crippen LogP contribution < -0.4 is 16.8 Å². The molecule has 5 heteroatoms. The number of carbonyl (C=O) groups is 2. The molecule has 1 fully saturated rings. The average Bonchev–Trinajstić information content (AvgIpc) is 2.72. The molecule has 0 saturated heterocycles. The monoisotopic (exact) mass is 365 g/mol. The van der Waals surface area contributed by atoms with Gasteiger partial charge in [-0.05, 0) is 35.4 Å². The van der Waals surface area contributed by atoms with Crippen LogP contribution in [0.25, 0.3) is 0 Å². The van der Waals surface area contributed by atoms with Gasteiger partial charge in [0.1, 0.15) is 6.04 Å². The summed E-state index contributed by atoms with van der Waals surface area (Å²) in [6.45, 7) is 0.506. The van der Waals surface area contributed by atoms with E-state index in [0.29, 0.717) is 12.1 Å². The molecule has 5 nitrogen and oxygen atoms in total. The Morgan fingerprint density at radius 3 is 2.30 bits per heavy atom. The summed E-state index contributed by atoms with van der Waals surface area (Å²) in [6.07, 6.45) is 3.90. The van der Waals surface area contributed by atoms with Gasteiger partial charge in [0.05, 0.1) is 0 Å². The molecule has 1 aliphatic rings. The second-order valence-corrected chi connectivity index (χ2v) is 7.20. The molecule has 0 heterocycles. The molecule has 0 radical (unpaired) electrons. The number of primary amides is 1. The van der Waals surface area contributed by atoms with E-state index in [2.05, 4.69) is 17.4 Å². The lowest BCUT2D eigenvalue weighted by Crippen LogP contribution is -2.42. The van der Waals surface area contributed by atoms with E-state index in [4.69, 9.17) is 11.5 Å². The third-order valence-electron chi connectivity index (χ3n) is 5.45. The average molecular weight is 365 g/mol. The van der Waals surface area contributed by atoms with Crippen molar-refractivity contribution in [2.45, 2.75) is 44.2 Å². The van der Waals surface area contributed by atoms with E-state index in [-0.39, 0.29) is 17.7 Å². The van der Waals surface area contributed by atoms with E-state index < -0.39 is 11.9 Å². The first-order valence-corrected chi connectivity index (χ1v) is 9.53. The van der Waals surface area contributed by atoms with Gasteiger partial charge in [0.25, 0.3) is 0 Å². The van der Waals surface area contributed by atoms with Crippen molar-refractivity contribution in [3.8, 4) is 0 Å². The summed E-state index contributed by atoms with van der Waals surface area (Å²) in [7, 11) is 0. The highest BCUT2D eigenvalue weighted by Crippen LogP contribution is 2.38. The van der Waals surface area contributed by atoms with Crippen LogP contribution in [-0.4, -0.2) is 11.8 Å². The molecule has 0 aromatic heterocycles. The van der Waals surface area contributed by atoms with Crippen molar-refractivity contribution in [3.05, 3.63) is 71.3 Å². The number of nitrogens with one attached hydrogen (secondary N) is 1. The van der Waals surface area contributed by atoms with Crippen molar-refractivity contribution in [3.63, 3.8) is 0 Å². The second kappa shape index (κ2) is 8.82. The predicted octanol–water partition coefficient (Wildman–Crippen LogP) is 2.76. The van der Waals surface area contributed by atoms with Crippen LogP contribution in [0, 0.1) is 5.92 Å². The molecule has 2 amide bonds. The minimum atomic E-state index is -0.805. The summed E-state index contributed by atoms with van der Waals surface area (Å²) in [5.74, 6) is -0.660. The Morgan fingerprint density at radius 2 is 1.67 bits per heavy atom. The fourth-order valence-electron chi connectivity index (χ4n) is 3.96. The molecule has 5 N–H and O–H groups in total. The third-order valence-corrected chi connectivity index (χ3v) is 5.45. The smallest absolute Gasteiger partial charge is 0.244 e. The van der Waals surface area contributed by atoms with Gasteiger partial charge in [-0.25, -0.2) is 0 Å². The maximum atomic E-state index is 13.1. The summed E-state index contributed by atoms with van der Waals surface area (Å²) in [5, 5.41) is 2.89. The molecule has 0 aliphatic heterocycles. The molecule has 0 spiro atoms. The molecule has 142 valence electrons. The van der Waals surface area contributed by atoms with Crippen LogP contribution >= 0.6 is 0 Å². The molecule has 27 heavy (non-hydrogen) atoms. The van der Waals surface area contributed by atoms with Gasteiger partial charge in [0, 0.05) is 12.5 Å². The molecule has 0 bridgehead atoms. The van der Waals surface area contributed by atoms with Crippen LogP contribution in [0.5, 0.6) is 0 Å². The highest BCUT2D eigenvalue weighted by Gasteiger charge is 2.34. The van der Waals surface area contributed by atoms with Gasteiger partial charge in [-0.2, -0.15) is 0 Å². The van der Waals surface area contributed by atoms with Crippen molar-refractivity contribution < 1.29 is 9.59 Å². The first-order valence-electron chi connectivity index (χ1n) is 9.53. The van der Waals surface area contributed by atoms with E-state index in [1.807, 2.05) is 30.3 Å². The van der Waals surface area contributed by atoms with Crippen LogP contribution in [-0.2, 0) is 16.1 Å². The van der Waals surface area contributed by atoms with Gasteiger partial charge in [0.15, 0.2) is 0 Å². The van der Waals surface area contributed by atoms with Crippen molar-refractivity contribution in [1.29, 1.82) is 0 Å². The molecule has 3 atom stereocenters. The van der Waals surface area contributed by atoms with Crippen LogP contribution in [0.1, 0.15) is 54.3 Å². The normalized spacial score (nSPS) is 20.6. The molecular weight excluding hydrogens is 338 g/mol.